The van der Waals surface area contributed by atoms with E-state index in [1.54, 1.807) is 23.1 Å². The Morgan fingerprint density at radius 3 is 2.70 bits per heavy atom. The maximum Gasteiger partial charge on any atom is 0.256 e. The van der Waals surface area contributed by atoms with Gasteiger partial charge < -0.3 is 5.32 Å². The molecule has 5 heteroatoms. The molecule has 0 spiro atoms. The SMILES string of the molecule is Cc1ccc(NC(=O)c2ccccc2SCc2cscn2)cc1. The summed E-state index contributed by atoms with van der Waals surface area (Å²) in [6.45, 7) is 2.02. The van der Waals surface area contributed by atoms with Gasteiger partial charge in [-0.2, -0.15) is 0 Å². The number of hydrogen-bond donors (Lipinski definition) is 1. The first-order valence-electron chi connectivity index (χ1n) is 7.19. The summed E-state index contributed by atoms with van der Waals surface area (Å²) in [5.74, 6) is 0.674. The van der Waals surface area contributed by atoms with Gasteiger partial charge in [0, 0.05) is 21.7 Å². The Morgan fingerprint density at radius 1 is 1.17 bits per heavy atom. The minimum atomic E-state index is -0.0877. The molecule has 3 nitrogen and oxygen atoms in total. The number of amides is 1. The molecule has 0 aliphatic heterocycles. The van der Waals surface area contributed by atoms with Gasteiger partial charge in [-0.25, -0.2) is 4.98 Å². The number of nitrogens with zero attached hydrogens (tertiary/aromatic N) is 1. The second-order valence-corrected chi connectivity index (χ2v) is 6.82. The number of aromatic nitrogens is 1. The van der Waals surface area contributed by atoms with Crippen LogP contribution < -0.4 is 5.32 Å². The lowest BCUT2D eigenvalue weighted by Crippen LogP contribution is -2.12. The Hall–Kier alpha value is -2.11. The maximum absolute atomic E-state index is 12.5. The van der Waals surface area contributed by atoms with Crippen LogP contribution in [0.25, 0.3) is 0 Å². The van der Waals surface area contributed by atoms with E-state index in [9.17, 15) is 4.79 Å². The Morgan fingerprint density at radius 2 is 1.96 bits per heavy atom. The van der Waals surface area contributed by atoms with Crippen molar-refractivity contribution >= 4 is 34.7 Å². The predicted octanol–water partition coefficient (Wildman–Crippen LogP) is 5.00. The van der Waals surface area contributed by atoms with Crippen molar-refractivity contribution in [1.82, 2.24) is 4.98 Å². The summed E-state index contributed by atoms with van der Waals surface area (Å²) >= 11 is 3.21. The van der Waals surface area contributed by atoms with Crippen LogP contribution in [0, 0.1) is 6.92 Å². The molecule has 3 aromatic rings. The van der Waals surface area contributed by atoms with Crippen LogP contribution in [0.3, 0.4) is 0 Å². The van der Waals surface area contributed by atoms with Crippen LogP contribution in [-0.4, -0.2) is 10.9 Å². The normalized spacial score (nSPS) is 10.5. The number of hydrogen-bond acceptors (Lipinski definition) is 4. The lowest BCUT2D eigenvalue weighted by Gasteiger charge is -2.09. The smallest absolute Gasteiger partial charge is 0.256 e. The van der Waals surface area contributed by atoms with E-state index in [2.05, 4.69) is 10.3 Å². The fraction of sp³-hybridized carbons (Fsp3) is 0.111. The summed E-state index contributed by atoms with van der Waals surface area (Å²) in [5.41, 5.74) is 5.52. The van der Waals surface area contributed by atoms with Crippen molar-refractivity contribution in [3.05, 3.63) is 76.2 Å². The first kappa shape index (κ1) is 15.8. The van der Waals surface area contributed by atoms with Crippen LogP contribution in [0.4, 0.5) is 5.69 Å². The molecule has 0 unspecified atom stereocenters. The number of thiazole rings is 1. The van der Waals surface area contributed by atoms with E-state index < -0.39 is 0 Å². The zero-order chi connectivity index (χ0) is 16.1. The van der Waals surface area contributed by atoms with Gasteiger partial charge in [-0.3, -0.25) is 4.79 Å². The van der Waals surface area contributed by atoms with Gasteiger partial charge in [-0.05, 0) is 31.2 Å². The molecule has 3 rings (SSSR count). The fourth-order valence-electron chi connectivity index (χ4n) is 2.08. The standard InChI is InChI=1S/C18H16N2OS2/c1-13-6-8-14(9-7-13)20-18(21)16-4-2-3-5-17(16)23-11-15-10-22-12-19-15/h2-10,12H,11H2,1H3,(H,20,21). The molecule has 23 heavy (non-hydrogen) atoms. The lowest BCUT2D eigenvalue weighted by molar-refractivity contribution is 0.102. The number of aryl methyl sites for hydroxylation is 1. The van der Waals surface area contributed by atoms with Gasteiger partial charge >= 0.3 is 0 Å². The van der Waals surface area contributed by atoms with Crippen molar-refractivity contribution in [2.45, 2.75) is 17.6 Å². The van der Waals surface area contributed by atoms with Crippen LogP contribution in [-0.2, 0) is 5.75 Å². The number of nitrogens with one attached hydrogen (secondary N) is 1. The van der Waals surface area contributed by atoms with Crippen LogP contribution in [0.15, 0.2) is 64.3 Å². The Balaban J connectivity index is 1.73. The van der Waals surface area contributed by atoms with E-state index in [4.69, 9.17) is 0 Å². The molecule has 1 N–H and O–H groups in total. The largest absolute Gasteiger partial charge is 0.322 e. The summed E-state index contributed by atoms with van der Waals surface area (Å²) in [7, 11) is 0. The minimum Gasteiger partial charge on any atom is -0.322 e. The van der Waals surface area contributed by atoms with E-state index in [0.29, 0.717) is 5.56 Å². The molecule has 1 amide bonds. The fourth-order valence-corrected chi connectivity index (χ4v) is 3.69. The molecule has 1 heterocycles. The quantitative estimate of drug-likeness (QED) is 0.665. The summed E-state index contributed by atoms with van der Waals surface area (Å²) in [4.78, 5) is 17.8. The molecule has 116 valence electrons. The molecule has 0 aliphatic carbocycles. The van der Waals surface area contributed by atoms with Crippen molar-refractivity contribution in [1.29, 1.82) is 0 Å². The van der Waals surface area contributed by atoms with Crippen molar-refractivity contribution in [2.24, 2.45) is 0 Å². The molecule has 1 aromatic heterocycles. The van der Waals surface area contributed by atoms with E-state index in [-0.39, 0.29) is 5.91 Å². The Bertz CT molecular complexity index is 783. The van der Waals surface area contributed by atoms with Gasteiger partial charge in [0.15, 0.2) is 0 Å². The van der Waals surface area contributed by atoms with E-state index in [1.807, 2.05) is 66.3 Å². The highest BCUT2D eigenvalue weighted by molar-refractivity contribution is 7.98. The summed E-state index contributed by atoms with van der Waals surface area (Å²) in [5, 5.41) is 4.98. The highest BCUT2D eigenvalue weighted by Gasteiger charge is 2.12. The monoisotopic (exact) mass is 340 g/mol. The average Bonchev–Trinajstić information content (AvgIpc) is 3.09. The van der Waals surface area contributed by atoms with Gasteiger partial charge in [0.05, 0.1) is 16.8 Å². The summed E-state index contributed by atoms with van der Waals surface area (Å²) in [6.07, 6.45) is 0. The van der Waals surface area contributed by atoms with Crippen LogP contribution in [0.1, 0.15) is 21.6 Å². The van der Waals surface area contributed by atoms with E-state index in [1.165, 1.54) is 5.56 Å². The molecule has 0 radical (unpaired) electrons. The third-order valence-corrected chi connectivity index (χ3v) is 5.04. The second-order valence-electron chi connectivity index (χ2n) is 5.08. The number of anilines is 1. The zero-order valence-electron chi connectivity index (χ0n) is 12.7. The maximum atomic E-state index is 12.5. The third kappa shape index (κ3) is 4.21. The highest BCUT2D eigenvalue weighted by Crippen LogP contribution is 2.27. The van der Waals surface area contributed by atoms with Crippen LogP contribution in [0.2, 0.25) is 0 Å². The van der Waals surface area contributed by atoms with Crippen molar-refractivity contribution < 1.29 is 4.79 Å². The lowest BCUT2D eigenvalue weighted by atomic mass is 10.2. The molecule has 2 aromatic carbocycles. The topological polar surface area (TPSA) is 42.0 Å². The highest BCUT2D eigenvalue weighted by atomic mass is 32.2. The van der Waals surface area contributed by atoms with Crippen molar-refractivity contribution in [3.8, 4) is 0 Å². The molecule has 0 bridgehead atoms. The Kier molecular flexibility index (Phi) is 5.10. The molecule has 0 fully saturated rings. The molecular weight excluding hydrogens is 324 g/mol. The molecule has 0 atom stereocenters. The average molecular weight is 340 g/mol. The molecule has 0 aliphatic rings. The molecule has 0 saturated carbocycles. The number of thioether (sulfide) groups is 1. The van der Waals surface area contributed by atoms with Gasteiger partial charge in [-0.1, -0.05) is 29.8 Å². The number of carbonyl (C=O) groups excluding carboxylic acids is 1. The van der Waals surface area contributed by atoms with E-state index in [0.717, 1.165) is 22.0 Å². The first-order chi connectivity index (χ1) is 11.2. The summed E-state index contributed by atoms with van der Waals surface area (Å²) in [6, 6.07) is 15.5. The van der Waals surface area contributed by atoms with E-state index >= 15 is 0 Å². The molecule has 0 saturated heterocycles. The van der Waals surface area contributed by atoms with Gasteiger partial charge in [0.25, 0.3) is 5.91 Å². The summed E-state index contributed by atoms with van der Waals surface area (Å²) < 4.78 is 0. The first-order valence-corrected chi connectivity index (χ1v) is 9.12. The minimum absolute atomic E-state index is 0.0877. The number of carbonyl (C=O) groups is 1. The predicted molar refractivity (Wildman–Crippen MR) is 97.2 cm³/mol. The number of benzene rings is 2. The number of rotatable bonds is 5. The second kappa shape index (κ2) is 7.44. The van der Waals surface area contributed by atoms with Crippen LogP contribution >= 0.6 is 23.1 Å². The third-order valence-electron chi connectivity index (χ3n) is 3.30. The Labute approximate surface area is 143 Å². The van der Waals surface area contributed by atoms with Gasteiger partial charge in [0.2, 0.25) is 0 Å². The van der Waals surface area contributed by atoms with Crippen LogP contribution in [0.5, 0.6) is 0 Å². The van der Waals surface area contributed by atoms with Crippen molar-refractivity contribution in [2.75, 3.05) is 5.32 Å². The van der Waals surface area contributed by atoms with Crippen molar-refractivity contribution in [3.63, 3.8) is 0 Å². The van der Waals surface area contributed by atoms with Gasteiger partial charge in [-0.15, -0.1) is 23.1 Å². The molecular formula is C18H16N2OS2. The zero-order valence-corrected chi connectivity index (χ0v) is 14.3. The van der Waals surface area contributed by atoms with Gasteiger partial charge in [0.1, 0.15) is 0 Å².